The molecule has 0 saturated heterocycles. The van der Waals surface area contributed by atoms with Crippen LogP contribution in [0.15, 0.2) is 24.3 Å². The Bertz CT molecular complexity index is 467. The molecule has 0 aromatic heterocycles. The molecule has 1 aromatic rings. The monoisotopic (exact) mass is 273 g/mol. The van der Waals surface area contributed by atoms with Crippen molar-refractivity contribution in [2.75, 3.05) is 11.9 Å². The highest BCUT2D eigenvalue weighted by atomic mass is 16.2. The molecule has 20 heavy (non-hydrogen) atoms. The zero-order chi connectivity index (χ0) is 14.8. The Hall–Kier alpha value is -1.31. The van der Waals surface area contributed by atoms with Crippen molar-refractivity contribution in [2.45, 2.75) is 58.3 Å². The molecule has 0 unspecified atom stereocenters. The van der Waals surface area contributed by atoms with Gasteiger partial charge in [-0.1, -0.05) is 58.2 Å². The van der Waals surface area contributed by atoms with Crippen LogP contribution >= 0.6 is 0 Å². The van der Waals surface area contributed by atoms with E-state index in [0.29, 0.717) is 5.91 Å². The second kappa shape index (κ2) is 5.99. The molecule has 1 aromatic carbocycles. The average Bonchev–Trinajstić information content (AvgIpc) is 2.46. The topological polar surface area (TPSA) is 20.3 Å². The van der Waals surface area contributed by atoms with E-state index in [-0.39, 0.29) is 11.3 Å². The zero-order valence-corrected chi connectivity index (χ0v) is 13.3. The molecule has 2 nitrogen and oxygen atoms in total. The minimum absolute atomic E-state index is 0.0533. The minimum atomic E-state index is 0.0533. The third-order valence-corrected chi connectivity index (χ3v) is 4.36. The van der Waals surface area contributed by atoms with Crippen molar-refractivity contribution < 1.29 is 4.79 Å². The molecule has 0 atom stereocenters. The van der Waals surface area contributed by atoms with E-state index in [2.05, 4.69) is 39.0 Å². The summed E-state index contributed by atoms with van der Waals surface area (Å²) in [6, 6.07) is 8.29. The van der Waals surface area contributed by atoms with Crippen LogP contribution in [0.1, 0.15) is 58.4 Å². The number of carbonyl (C=O) groups excluding carboxylic acids is 1. The SMILES string of the molecule is CN(C(=O)C1CCCCC1)c1ccccc1C(C)(C)C. The molecule has 0 N–H and O–H groups in total. The number of para-hydroxylation sites is 1. The molecule has 1 fully saturated rings. The lowest BCUT2D eigenvalue weighted by Gasteiger charge is -2.31. The van der Waals surface area contributed by atoms with Crippen molar-refractivity contribution in [3.63, 3.8) is 0 Å². The molecule has 2 heteroatoms. The van der Waals surface area contributed by atoms with E-state index in [0.717, 1.165) is 18.5 Å². The van der Waals surface area contributed by atoms with Gasteiger partial charge in [-0.05, 0) is 29.9 Å². The molecular weight excluding hydrogens is 246 g/mol. The maximum absolute atomic E-state index is 12.7. The number of rotatable bonds is 2. The summed E-state index contributed by atoms with van der Waals surface area (Å²) in [6.07, 6.45) is 5.80. The molecule has 1 aliphatic rings. The van der Waals surface area contributed by atoms with Crippen molar-refractivity contribution in [1.82, 2.24) is 0 Å². The molecule has 1 amide bonds. The summed E-state index contributed by atoms with van der Waals surface area (Å²) in [4.78, 5) is 14.6. The summed E-state index contributed by atoms with van der Waals surface area (Å²) in [5.41, 5.74) is 2.36. The number of hydrogen-bond donors (Lipinski definition) is 0. The van der Waals surface area contributed by atoms with Gasteiger partial charge in [0.1, 0.15) is 0 Å². The zero-order valence-electron chi connectivity index (χ0n) is 13.3. The maximum atomic E-state index is 12.7. The molecule has 2 rings (SSSR count). The molecule has 1 saturated carbocycles. The van der Waals surface area contributed by atoms with Crippen LogP contribution in [0.5, 0.6) is 0 Å². The number of hydrogen-bond acceptors (Lipinski definition) is 1. The Labute approximate surface area is 123 Å². The molecule has 110 valence electrons. The summed E-state index contributed by atoms with van der Waals surface area (Å²) >= 11 is 0. The van der Waals surface area contributed by atoms with Crippen LogP contribution in [-0.2, 0) is 10.2 Å². The van der Waals surface area contributed by atoms with Crippen molar-refractivity contribution in [2.24, 2.45) is 5.92 Å². The quantitative estimate of drug-likeness (QED) is 0.775. The van der Waals surface area contributed by atoms with E-state index in [1.807, 2.05) is 18.0 Å². The van der Waals surface area contributed by atoms with Crippen LogP contribution in [0.25, 0.3) is 0 Å². The molecule has 0 heterocycles. The fourth-order valence-electron chi connectivity index (χ4n) is 3.14. The normalized spacial score (nSPS) is 17.0. The van der Waals surface area contributed by atoms with E-state index >= 15 is 0 Å². The smallest absolute Gasteiger partial charge is 0.229 e. The Morgan fingerprint density at radius 1 is 1.10 bits per heavy atom. The largest absolute Gasteiger partial charge is 0.315 e. The number of nitrogens with zero attached hydrogens (tertiary/aromatic N) is 1. The van der Waals surface area contributed by atoms with Crippen LogP contribution in [0.2, 0.25) is 0 Å². The van der Waals surface area contributed by atoms with Crippen LogP contribution < -0.4 is 4.90 Å². The molecule has 0 radical (unpaired) electrons. The van der Waals surface area contributed by atoms with E-state index in [1.54, 1.807) is 0 Å². The van der Waals surface area contributed by atoms with Gasteiger partial charge in [0.25, 0.3) is 0 Å². The highest BCUT2D eigenvalue weighted by Crippen LogP contribution is 2.33. The first-order chi connectivity index (χ1) is 9.41. The number of benzene rings is 1. The maximum Gasteiger partial charge on any atom is 0.229 e. The average molecular weight is 273 g/mol. The molecule has 0 spiro atoms. The number of carbonyl (C=O) groups is 1. The van der Waals surface area contributed by atoms with Gasteiger partial charge in [-0.25, -0.2) is 0 Å². The van der Waals surface area contributed by atoms with Crippen molar-refractivity contribution in [3.05, 3.63) is 29.8 Å². The Balaban J connectivity index is 2.24. The van der Waals surface area contributed by atoms with Gasteiger partial charge in [0.2, 0.25) is 5.91 Å². The summed E-state index contributed by atoms with van der Waals surface area (Å²) in [6.45, 7) is 6.60. The van der Waals surface area contributed by atoms with E-state index in [4.69, 9.17) is 0 Å². The molecular formula is C18H27NO. The predicted molar refractivity (Wildman–Crippen MR) is 85.1 cm³/mol. The van der Waals surface area contributed by atoms with Gasteiger partial charge in [-0.2, -0.15) is 0 Å². The van der Waals surface area contributed by atoms with E-state index < -0.39 is 0 Å². The highest BCUT2D eigenvalue weighted by Gasteiger charge is 2.27. The number of anilines is 1. The second-order valence-electron chi connectivity index (χ2n) is 7.00. The van der Waals surface area contributed by atoms with Gasteiger partial charge in [0.15, 0.2) is 0 Å². The summed E-state index contributed by atoms with van der Waals surface area (Å²) < 4.78 is 0. The lowest BCUT2D eigenvalue weighted by Crippen LogP contribution is -2.35. The highest BCUT2D eigenvalue weighted by molar-refractivity contribution is 5.95. The fraction of sp³-hybridized carbons (Fsp3) is 0.611. The van der Waals surface area contributed by atoms with Crippen molar-refractivity contribution >= 4 is 11.6 Å². The lowest BCUT2D eigenvalue weighted by molar-refractivity contribution is -0.123. The van der Waals surface area contributed by atoms with Crippen LogP contribution in [0.4, 0.5) is 5.69 Å². The standard InChI is InChI=1S/C18H27NO/c1-18(2,3)15-12-8-9-13-16(15)19(4)17(20)14-10-6-5-7-11-14/h8-9,12-14H,5-7,10-11H2,1-4H3. The van der Waals surface area contributed by atoms with Crippen molar-refractivity contribution in [1.29, 1.82) is 0 Å². The van der Waals surface area contributed by atoms with Gasteiger partial charge in [0, 0.05) is 18.7 Å². The van der Waals surface area contributed by atoms with Gasteiger partial charge in [-0.3, -0.25) is 4.79 Å². The third-order valence-electron chi connectivity index (χ3n) is 4.36. The Morgan fingerprint density at radius 3 is 2.30 bits per heavy atom. The fourth-order valence-corrected chi connectivity index (χ4v) is 3.14. The van der Waals surface area contributed by atoms with Crippen LogP contribution in [0, 0.1) is 5.92 Å². The van der Waals surface area contributed by atoms with Gasteiger partial charge < -0.3 is 4.90 Å². The Morgan fingerprint density at radius 2 is 1.70 bits per heavy atom. The van der Waals surface area contributed by atoms with E-state index in [9.17, 15) is 4.79 Å². The second-order valence-corrected chi connectivity index (χ2v) is 7.00. The first-order valence-electron chi connectivity index (χ1n) is 7.78. The molecule has 1 aliphatic carbocycles. The van der Waals surface area contributed by atoms with E-state index in [1.165, 1.54) is 24.8 Å². The molecule has 0 aliphatic heterocycles. The van der Waals surface area contributed by atoms with Gasteiger partial charge in [0.05, 0.1) is 0 Å². The van der Waals surface area contributed by atoms with Gasteiger partial charge in [-0.15, -0.1) is 0 Å². The van der Waals surface area contributed by atoms with Crippen LogP contribution in [-0.4, -0.2) is 13.0 Å². The summed E-state index contributed by atoms with van der Waals surface area (Å²) in [7, 11) is 1.93. The van der Waals surface area contributed by atoms with Crippen LogP contribution in [0.3, 0.4) is 0 Å². The predicted octanol–water partition coefficient (Wildman–Crippen LogP) is 4.53. The number of amides is 1. The Kier molecular flexibility index (Phi) is 4.52. The molecule has 0 bridgehead atoms. The summed E-state index contributed by atoms with van der Waals surface area (Å²) in [5, 5.41) is 0. The first-order valence-corrected chi connectivity index (χ1v) is 7.78. The minimum Gasteiger partial charge on any atom is -0.315 e. The lowest BCUT2D eigenvalue weighted by atomic mass is 9.84. The van der Waals surface area contributed by atoms with Crippen molar-refractivity contribution in [3.8, 4) is 0 Å². The first kappa shape index (κ1) is 15.1. The third kappa shape index (κ3) is 3.23. The van der Waals surface area contributed by atoms with Gasteiger partial charge >= 0.3 is 0 Å². The summed E-state index contributed by atoms with van der Waals surface area (Å²) in [5.74, 6) is 0.517.